The predicted octanol–water partition coefficient (Wildman–Crippen LogP) is 4.11. The molecule has 0 aliphatic rings. The van der Waals surface area contributed by atoms with Gasteiger partial charge in [-0.2, -0.15) is 10.2 Å². The molecule has 4 heteroatoms. The molecule has 0 aliphatic carbocycles. The first kappa shape index (κ1) is 16.9. The van der Waals surface area contributed by atoms with E-state index in [1.54, 1.807) is 0 Å². The lowest BCUT2D eigenvalue weighted by Crippen LogP contribution is -2.00. The monoisotopic (exact) mass is 310 g/mol. The standard InChI is InChI=1S/C19H22N2O2/c1-3-5-6-7-17-12-13-18(21-20-17)16-10-8-15(9-11-16)14-23-19(22)4-2/h4,8-13H,2-3,5-7,14H2,1H3. The number of aromatic nitrogens is 2. The highest BCUT2D eigenvalue weighted by atomic mass is 16.5. The molecule has 0 aliphatic heterocycles. The minimum atomic E-state index is -0.418. The third kappa shape index (κ3) is 5.33. The fraction of sp³-hybridized carbons (Fsp3) is 0.316. The summed E-state index contributed by atoms with van der Waals surface area (Å²) in [6, 6.07) is 11.8. The van der Waals surface area contributed by atoms with Gasteiger partial charge in [0.05, 0.1) is 11.4 Å². The van der Waals surface area contributed by atoms with E-state index in [0.29, 0.717) is 0 Å². The number of unbranched alkanes of at least 4 members (excludes halogenated alkanes) is 2. The maximum Gasteiger partial charge on any atom is 0.330 e. The summed E-state index contributed by atoms with van der Waals surface area (Å²) in [5.41, 5.74) is 3.80. The second-order valence-electron chi connectivity index (χ2n) is 5.38. The van der Waals surface area contributed by atoms with Crippen LogP contribution >= 0.6 is 0 Å². The van der Waals surface area contributed by atoms with Gasteiger partial charge in [0, 0.05) is 11.6 Å². The lowest BCUT2D eigenvalue weighted by Gasteiger charge is -2.05. The van der Waals surface area contributed by atoms with Crippen molar-refractivity contribution in [2.45, 2.75) is 39.2 Å². The molecule has 0 unspecified atom stereocenters. The summed E-state index contributed by atoms with van der Waals surface area (Å²) in [5.74, 6) is -0.418. The molecular formula is C19H22N2O2. The van der Waals surface area contributed by atoms with Crippen molar-refractivity contribution >= 4 is 5.97 Å². The zero-order chi connectivity index (χ0) is 16.5. The normalized spacial score (nSPS) is 10.3. The molecule has 0 atom stereocenters. The number of nitrogens with zero attached hydrogens (tertiary/aromatic N) is 2. The Hall–Kier alpha value is -2.49. The van der Waals surface area contributed by atoms with E-state index >= 15 is 0 Å². The average Bonchev–Trinajstić information content (AvgIpc) is 2.61. The molecule has 0 saturated carbocycles. The quantitative estimate of drug-likeness (QED) is 0.418. The first-order valence-corrected chi connectivity index (χ1v) is 7.94. The lowest BCUT2D eigenvalue weighted by atomic mass is 10.1. The van der Waals surface area contributed by atoms with Crippen LogP contribution in [0.2, 0.25) is 0 Å². The smallest absolute Gasteiger partial charge is 0.330 e. The Kier molecular flexibility index (Phi) is 6.48. The Morgan fingerprint density at radius 2 is 1.91 bits per heavy atom. The lowest BCUT2D eigenvalue weighted by molar-refractivity contribution is -0.138. The van der Waals surface area contributed by atoms with E-state index in [4.69, 9.17) is 4.74 Å². The molecule has 0 spiro atoms. The molecule has 2 rings (SSSR count). The van der Waals surface area contributed by atoms with Crippen molar-refractivity contribution < 1.29 is 9.53 Å². The Labute approximate surface area is 137 Å². The van der Waals surface area contributed by atoms with E-state index in [1.165, 1.54) is 12.8 Å². The number of ether oxygens (including phenoxy) is 1. The van der Waals surface area contributed by atoms with Crippen LogP contribution < -0.4 is 0 Å². The number of carbonyl (C=O) groups excluding carboxylic acids is 1. The zero-order valence-corrected chi connectivity index (χ0v) is 13.5. The molecule has 0 radical (unpaired) electrons. The Morgan fingerprint density at radius 3 is 2.52 bits per heavy atom. The van der Waals surface area contributed by atoms with Crippen molar-refractivity contribution in [2.24, 2.45) is 0 Å². The maximum atomic E-state index is 11.0. The van der Waals surface area contributed by atoms with Gasteiger partial charge in [0.2, 0.25) is 0 Å². The van der Waals surface area contributed by atoms with Gasteiger partial charge < -0.3 is 4.74 Å². The second-order valence-corrected chi connectivity index (χ2v) is 5.38. The van der Waals surface area contributed by atoms with Crippen molar-refractivity contribution in [3.63, 3.8) is 0 Å². The van der Waals surface area contributed by atoms with Gasteiger partial charge in [0.25, 0.3) is 0 Å². The number of rotatable bonds is 8. The average molecular weight is 310 g/mol. The van der Waals surface area contributed by atoms with Crippen LogP contribution in [0.25, 0.3) is 11.3 Å². The Morgan fingerprint density at radius 1 is 1.13 bits per heavy atom. The van der Waals surface area contributed by atoms with Crippen molar-refractivity contribution in [2.75, 3.05) is 0 Å². The number of benzene rings is 1. The molecule has 23 heavy (non-hydrogen) atoms. The molecule has 4 nitrogen and oxygen atoms in total. The summed E-state index contributed by atoms with van der Waals surface area (Å²) < 4.78 is 5.00. The Balaban J connectivity index is 1.96. The van der Waals surface area contributed by atoms with E-state index in [2.05, 4.69) is 23.7 Å². The fourth-order valence-corrected chi connectivity index (χ4v) is 2.19. The number of hydrogen-bond donors (Lipinski definition) is 0. The van der Waals surface area contributed by atoms with Gasteiger partial charge in [-0.3, -0.25) is 0 Å². The number of esters is 1. The van der Waals surface area contributed by atoms with Gasteiger partial charge >= 0.3 is 5.97 Å². The molecular weight excluding hydrogens is 288 g/mol. The predicted molar refractivity (Wildman–Crippen MR) is 90.7 cm³/mol. The van der Waals surface area contributed by atoms with Gasteiger partial charge in [-0.1, -0.05) is 50.6 Å². The second kappa shape index (κ2) is 8.83. The molecule has 1 aromatic heterocycles. The van der Waals surface area contributed by atoms with Crippen LogP contribution in [-0.2, 0) is 22.6 Å². The molecule has 0 bridgehead atoms. The SMILES string of the molecule is C=CC(=O)OCc1ccc(-c2ccc(CCCCC)nn2)cc1. The van der Waals surface area contributed by atoms with Crippen LogP contribution in [-0.4, -0.2) is 16.2 Å². The van der Waals surface area contributed by atoms with Gasteiger partial charge in [-0.05, 0) is 30.5 Å². The van der Waals surface area contributed by atoms with E-state index in [1.807, 2.05) is 36.4 Å². The highest BCUT2D eigenvalue weighted by Gasteiger charge is 2.03. The van der Waals surface area contributed by atoms with Gasteiger partial charge in [-0.25, -0.2) is 4.79 Å². The van der Waals surface area contributed by atoms with E-state index in [-0.39, 0.29) is 6.61 Å². The van der Waals surface area contributed by atoms with Crippen LogP contribution in [0.3, 0.4) is 0 Å². The van der Waals surface area contributed by atoms with Gasteiger partial charge in [0.15, 0.2) is 0 Å². The summed E-state index contributed by atoms with van der Waals surface area (Å²) in [6.45, 7) is 5.80. The molecule has 0 amide bonds. The molecule has 1 aromatic carbocycles. The van der Waals surface area contributed by atoms with E-state index in [0.717, 1.165) is 41.4 Å². The van der Waals surface area contributed by atoms with Crippen molar-refractivity contribution in [1.29, 1.82) is 0 Å². The van der Waals surface area contributed by atoms with Crippen molar-refractivity contribution in [3.8, 4) is 11.3 Å². The van der Waals surface area contributed by atoms with Crippen molar-refractivity contribution in [1.82, 2.24) is 10.2 Å². The first-order valence-electron chi connectivity index (χ1n) is 7.94. The summed E-state index contributed by atoms with van der Waals surface area (Å²) in [5, 5.41) is 8.59. The third-order valence-corrected chi connectivity index (χ3v) is 3.55. The zero-order valence-electron chi connectivity index (χ0n) is 13.5. The molecule has 0 saturated heterocycles. The molecule has 0 N–H and O–H groups in total. The van der Waals surface area contributed by atoms with Gasteiger partial charge in [0.1, 0.15) is 6.61 Å². The number of hydrogen-bond acceptors (Lipinski definition) is 4. The maximum absolute atomic E-state index is 11.0. The summed E-state index contributed by atoms with van der Waals surface area (Å²) >= 11 is 0. The minimum absolute atomic E-state index is 0.243. The van der Waals surface area contributed by atoms with Crippen LogP contribution in [0.4, 0.5) is 0 Å². The molecule has 120 valence electrons. The van der Waals surface area contributed by atoms with Crippen LogP contribution in [0, 0.1) is 0 Å². The fourth-order valence-electron chi connectivity index (χ4n) is 2.19. The summed E-state index contributed by atoms with van der Waals surface area (Å²) in [6.07, 6.45) is 5.73. The molecule has 0 fully saturated rings. The Bertz CT molecular complexity index is 633. The molecule has 1 heterocycles. The summed E-state index contributed by atoms with van der Waals surface area (Å²) in [4.78, 5) is 11.0. The van der Waals surface area contributed by atoms with E-state index in [9.17, 15) is 4.79 Å². The van der Waals surface area contributed by atoms with Gasteiger partial charge in [-0.15, -0.1) is 0 Å². The van der Waals surface area contributed by atoms with Crippen LogP contribution in [0.5, 0.6) is 0 Å². The number of carbonyl (C=O) groups is 1. The highest BCUT2D eigenvalue weighted by Crippen LogP contribution is 2.18. The summed E-state index contributed by atoms with van der Waals surface area (Å²) in [7, 11) is 0. The third-order valence-electron chi connectivity index (χ3n) is 3.55. The van der Waals surface area contributed by atoms with Crippen LogP contribution in [0.1, 0.15) is 37.4 Å². The first-order chi connectivity index (χ1) is 11.2. The van der Waals surface area contributed by atoms with Crippen LogP contribution in [0.15, 0.2) is 49.1 Å². The number of aryl methyl sites for hydroxylation is 1. The molecule has 2 aromatic rings. The van der Waals surface area contributed by atoms with Crippen molar-refractivity contribution in [3.05, 3.63) is 60.3 Å². The van der Waals surface area contributed by atoms with E-state index < -0.39 is 5.97 Å². The topological polar surface area (TPSA) is 52.1 Å². The largest absolute Gasteiger partial charge is 0.458 e. The minimum Gasteiger partial charge on any atom is -0.458 e. The highest BCUT2D eigenvalue weighted by molar-refractivity contribution is 5.81.